The number of hydrogen-bond donors (Lipinski definition) is 1. The van der Waals surface area contributed by atoms with E-state index >= 15 is 0 Å². The predicted octanol–water partition coefficient (Wildman–Crippen LogP) is 4.52. The lowest BCUT2D eigenvalue weighted by Gasteiger charge is -2.33. The highest BCUT2D eigenvalue weighted by atomic mass is 16.5. The Labute approximate surface area is 176 Å². The summed E-state index contributed by atoms with van der Waals surface area (Å²) in [6.45, 7) is 5.53. The number of anilines is 2. The van der Waals surface area contributed by atoms with Crippen molar-refractivity contribution in [1.29, 1.82) is 0 Å². The average molecular weight is 402 g/mol. The minimum atomic E-state index is 0.0447. The molecule has 0 spiro atoms. The SMILES string of the molecule is Cc1cccc(C)c1OC1CCN(C(=O)c2cccc(Nc3cnccn3)c2)CC1. The molecule has 4 rings (SSSR count). The number of amides is 1. The van der Waals surface area contributed by atoms with Gasteiger partial charge in [0.15, 0.2) is 0 Å². The summed E-state index contributed by atoms with van der Waals surface area (Å²) in [5.74, 6) is 1.67. The Morgan fingerprint density at radius 2 is 1.80 bits per heavy atom. The zero-order valence-electron chi connectivity index (χ0n) is 17.3. The second-order valence-corrected chi connectivity index (χ2v) is 7.63. The van der Waals surface area contributed by atoms with Gasteiger partial charge < -0.3 is 15.0 Å². The van der Waals surface area contributed by atoms with Crippen molar-refractivity contribution in [2.24, 2.45) is 0 Å². The molecule has 154 valence electrons. The van der Waals surface area contributed by atoms with Crippen LogP contribution in [0, 0.1) is 13.8 Å². The molecule has 0 aliphatic carbocycles. The maximum atomic E-state index is 13.0. The van der Waals surface area contributed by atoms with Crippen LogP contribution in [0.4, 0.5) is 11.5 Å². The van der Waals surface area contributed by atoms with Crippen molar-refractivity contribution >= 4 is 17.4 Å². The molecule has 30 heavy (non-hydrogen) atoms. The molecule has 3 aromatic rings. The van der Waals surface area contributed by atoms with Crippen LogP contribution in [-0.4, -0.2) is 40.0 Å². The highest BCUT2D eigenvalue weighted by Crippen LogP contribution is 2.27. The van der Waals surface area contributed by atoms with Gasteiger partial charge >= 0.3 is 0 Å². The van der Waals surface area contributed by atoms with Crippen molar-refractivity contribution in [3.8, 4) is 5.75 Å². The number of likely N-dealkylation sites (tertiary alicyclic amines) is 1. The summed E-state index contributed by atoms with van der Waals surface area (Å²) in [6.07, 6.45) is 6.70. The van der Waals surface area contributed by atoms with Crippen LogP contribution in [0.5, 0.6) is 5.75 Å². The Kier molecular flexibility index (Phi) is 5.93. The molecule has 0 radical (unpaired) electrons. The van der Waals surface area contributed by atoms with Gasteiger partial charge in [0.25, 0.3) is 5.91 Å². The molecular formula is C24H26N4O2. The zero-order valence-corrected chi connectivity index (χ0v) is 17.3. The fraction of sp³-hybridized carbons (Fsp3) is 0.292. The lowest BCUT2D eigenvalue weighted by molar-refractivity contribution is 0.0593. The van der Waals surface area contributed by atoms with Crippen molar-refractivity contribution in [3.63, 3.8) is 0 Å². The number of piperidine rings is 1. The molecule has 1 N–H and O–H groups in total. The van der Waals surface area contributed by atoms with Crippen LogP contribution >= 0.6 is 0 Å². The van der Waals surface area contributed by atoms with Gasteiger partial charge in [-0.25, -0.2) is 4.98 Å². The molecule has 2 heterocycles. The first-order chi connectivity index (χ1) is 14.6. The van der Waals surface area contributed by atoms with Crippen molar-refractivity contribution < 1.29 is 9.53 Å². The van der Waals surface area contributed by atoms with Crippen molar-refractivity contribution in [2.45, 2.75) is 32.8 Å². The maximum absolute atomic E-state index is 13.0. The molecule has 1 saturated heterocycles. The molecule has 1 aromatic heterocycles. The summed E-state index contributed by atoms with van der Waals surface area (Å²) in [4.78, 5) is 23.2. The zero-order chi connectivity index (χ0) is 20.9. The Balaban J connectivity index is 1.37. The molecule has 0 saturated carbocycles. The van der Waals surface area contributed by atoms with Crippen LogP contribution < -0.4 is 10.1 Å². The number of hydrogen-bond acceptors (Lipinski definition) is 5. The summed E-state index contributed by atoms with van der Waals surface area (Å²) >= 11 is 0. The molecule has 1 fully saturated rings. The van der Waals surface area contributed by atoms with E-state index in [9.17, 15) is 4.79 Å². The van der Waals surface area contributed by atoms with Crippen LogP contribution in [0.15, 0.2) is 61.1 Å². The number of ether oxygens (including phenoxy) is 1. The Morgan fingerprint density at radius 1 is 1.07 bits per heavy atom. The lowest BCUT2D eigenvalue weighted by Crippen LogP contribution is -2.41. The smallest absolute Gasteiger partial charge is 0.253 e. The number of para-hydroxylation sites is 1. The topological polar surface area (TPSA) is 67.3 Å². The molecule has 1 aliphatic heterocycles. The minimum Gasteiger partial charge on any atom is -0.490 e. The van der Waals surface area contributed by atoms with Gasteiger partial charge in [-0.1, -0.05) is 24.3 Å². The van der Waals surface area contributed by atoms with Crippen molar-refractivity contribution in [2.75, 3.05) is 18.4 Å². The molecule has 2 aromatic carbocycles. The molecule has 6 heteroatoms. The van der Waals surface area contributed by atoms with Gasteiger partial charge in [0.2, 0.25) is 0 Å². The Hall–Kier alpha value is -3.41. The van der Waals surface area contributed by atoms with Gasteiger partial charge in [-0.3, -0.25) is 9.78 Å². The van der Waals surface area contributed by atoms with E-state index in [0.717, 1.165) is 35.4 Å². The van der Waals surface area contributed by atoms with Gasteiger partial charge in [-0.15, -0.1) is 0 Å². The van der Waals surface area contributed by atoms with Crippen LogP contribution in [0.1, 0.15) is 34.3 Å². The van der Waals surface area contributed by atoms with Gasteiger partial charge in [0, 0.05) is 49.6 Å². The van der Waals surface area contributed by atoms with Crippen LogP contribution in [0.25, 0.3) is 0 Å². The summed E-state index contributed by atoms with van der Waals surface area (Å²) in [5.41, 5.74) is 3.79. The molecule has 0 unspecified atom stereocenters. The van der Waals surface area contributed by atoms with Crippen LogP contribution in [-0.2, 0) is 0 Å². The third-order valence-electron chi connectivity index (χ3n) is 5.37. The molecule has 0 bridgehead atoms. The van der Waals surface area contributed by atoms with E-state index in [-0.39, 0.29) is 12.0 Å². The average Bonchev–Trinajstić information content (AvgIpc) is 2.77. The monoisotopic (exact) mass is 402 g/mol. The number of aromatic nitrogens is 2. The van der Waals surface area contributed by atoms with Crippen molar-refractivity contribution in [1.82, 2.24) is 14.9 Å². The number of nitrogens with one attached hydrogen (secondary N) is 1. The number of nitrogens with zero attached hydrogens (tertiary/aromatic N) is 3. The molecule has 6 nitrogen and oxygen atoms in total. The standard InChI is InChI=1S/C24H26N4O2/c1-17-5-3-6-18(2)23(17)30-21-9-13-28(14-10-21)24(29)19-7-4-8-20(15-19)27-22-16-25-11-12-26-22/h3-8,11-12,15-16,21H,9-10,13-14H2,1-2H3,(H,26,27). The van der Waals surface area contributed by atoms with E-state index in [4.69, 9.17) is 4.74 Å². The maximum Gasteiger partial charge on any atom is 0.253 e. The first kappa shape index (κ1) is 19.9. The highest BCUT2D eigenvalue weighted by molar-refractivity contribution is 5.95. The van der Waals surface area contributed by atoms with Gasteiger partial charge in [0.05, 0.1) is 6.20 Å². The first-order valence-corrected chi connectivity index (χ1v) is 10.3. The van der Waals surface area contributed by atoms with E-state index in [2.05, 4.69) is 41.3 Å². The summed E-state index contributed by atoms with van der Waals surface area (Å²) < 4.78 is 6.28. The molecular weight excluding hydrogens is 376 g/mol. The number of benzene rings is 2. The normalized spacial score (nSPS) is 14.4. The number of aryl methyl sites for hydroxylation is 2. The van der Waals surface area contributed by atoms with Crippen LogP contribution in [0.2, 0.25) is 0 Å². The molecule has 1 aliphatic rings. The van der Waals surface area contributed by atoms with E-state index in [0.29, 0.717) is 24.5 Å². The third-order valence-corrected chi connectivity index (χ3v) is 5.37. The van der Waals surface area contributed by atoms with E-state index in [1.165, 1.54) is 0 Å². The second-order valence-electron chi connectivity index (χ2n) is 7.63. The fourth-order valence-corrected chi connectivity index (χ4v) is 3.75. The third kappa shape index (κ3) is 4.59. The first-order valence-electron chi connectivity index (χ1n) is 10.3. The van der Waals surface area contributed by atoms with Gasteiger partial charge in [0.1, 0.15) is 17.7 Å². The van der Waals surface area contributed by atoms with Gasteiger partial charge in [-0.05, 0) is 43.2 Å². The largest absolute Gasteiger partial charge is 0.490 e. The number of carbonyl (C=O) groups is 1. The van der Waals surface area contributed by atoms with E-state index in [1.54, 1.807) is 18.6 Å². The van der Waals surface area contributed by atoms with Gasteiger partial charge in [-0.2, -0.15) is 0 Å². The fourth-order valence-electron chi connectivity index (χ4n) is 3.75. The quantitative estimate of drug-likeness (QED) is 0.680. The highest BCUT2D eigenvalue weighted by Gasteiger charge is 2.25. The summed E-state index contributed by atoms with van der Waals surface area (Å²) in [6, 6.07) is 13.7. The predicted molar refractivity (Wildman–Crippen MR) is 117 cm³/mol. The van der Waals surface area contributed by atoms with E-state index < -0.39 is 0 Å². The lowest BCUT2D eigenvalue weighted by atomic mass is 10.0. The second kappa shape index (κ2) is 8.95. The number of rotatable bonds is 5. The molecule has 1 amide bonds. The van der Waals surface area contributed by atoms with E-state index in [1.807, 2.05) is 35.2 Å². The Bertz CT molecular complexity index is 994. The summed E-state index contributed by atoms with van der Waals surface area (Å²) in [5, 5.41) is 3.18. The Morgan fingerprint density at radius 3 is 2.50 bits per heavy atom. The summed E-state index contributed by atoms with van der Waals surface area (Å²) in [7, 11) is 0. The number of carbonyl (C=O) groups excluding carboxylic acids is 1. The minimum absolute atomic E-state index is 0.0447. The van der Waals surface area contributed by atoms with Crippen LogP contribution in [0.3, 0.4) is 0 Å². The van der Waals surface area contributed by atoms with Crippen molar-refractivity contribution in [3.05, 3.63) is 77.7 Å². The molecule has 0 atom stereocenters.